The number of nitrogens with one attached hydrogen (secondary N) is 2. The molecule has 1 unspecified atom stereocenters. The van der Waals surface area contributed by atoms with Gasteiger partial charge in [-0.25, -0.2) is 4.79 Å². The molecule has 0 bridgehead atoms. The molecule has 2 aliphatic rings. The van der Waals surface area contributed by atoms with Gasteiger partial charge in [0.25, 0.3) is 0 Å². The molecule has 8 nitrogen and oxygen atoms in total. The number of rotatable bonds is 3. The number of amides is 2. The monoisotopic (exact) mass is 375 g/mol. The van der Waals surface area contributed by atoms with Crippen LogP contribution in [0.15, 0.2) is 18.2 Å². The lowest BCUT2D eigenvalue weighted by Gasteiger charge is -2.30. The van der Waals surface area contributed by atoms with Crippen LogP contribution in [0.3, 0.4) is 0 Å². The molecule has 9 heteroatoms. The summed E-state index contributed by atoms with van der Waals surface area (Å²) in [5.74, 6) is 0.552. The highest BCUT2D eigenvalue weighted by Crippen LogP contribution is 2.32. The highest BCUT2D eigenvalue weighted by Gasteiger charge is 2.33. The van der Waals surface area contributed by atoms with E-state index in [2.05, 4.69) is 30.8 Å². The van der Waals surface area contributed by atoms with E-state index in [1.54, 1.807) is 4.90 Å². The van der Waals surface area contributed by atoms with E-state index < -0.39 is 0 Å². The Bertz CT molecular complexity index is 760. The minimum Gasteiger partial charge on any atom is -0.370 e. The SMILES string of the molecule is O=C(Nc1ccc(N2CCCCC2)c(Cl)c1)N1CCCC1c1nn[nH]n1. The van der Waals surface area contributed by atoms with E-state index in [1.807, 2.05) is 18.2 Å². The predicted molar refractivity (Wildman–Crippen MR) is 99.4 cm³/mol. The number of halogens is 1. The number of carbonyl (C=O) groups excluding carboxylic acids is 1. The molecule has 26 heavy (non-hydrogen) atoms. The lowest BCUT2D eigenvalue weighted by atomic mass is 10.1. The van der Waals surface area contributed by atoms with Gasteiger partial charge in [-0.15, -0.1) is 10.2 Å². The number of benzene rings is 1. The van der Waals surface area contributed by atoms with Crippen molar-refractivity contribution in [2.75, 3.05) is 29.9 Å². The smallest absolute Gasteiger partial charge is 0.322 e. The molecule has 2 amide bonds. The summed E-state index contributed by atoms with van der Waals surface area (Å²) in [6, 6.07) is 5.41. The molecule has 0 radical (unpaired) electrons. The summed E-state index contributed by atoms with van der Waals surface area (Å²) in [5.41, 5.74) is 1.73. The van der Waals surface area contributed by atoms with Crippen molar-refractivity contribution in [3.63, 3.8) is 0 Å². The standard InChI is InChI=1S/C17H22ClN7O/c18-13-11-12(6-7-14(13)24-8-2-1-3-9-24)19-17(26)25-10-4-5-15(25)16-20-22-23-21-16/h6-7,11,15H,1-5,8-10H2,(H,19,26)(H,20,21,22,23). The lowest BCUT2D eigenvalue weighted by Crippen LogP contribution is -2.35. The second-order valence-electron chi connectivity index (χ2n) is 6.77. The molecule has 4 rings (SSSR count). The molecule has 2 fully saturated rings. The number of anilines is 2. The molecule has 2 aliphatic heterocycles. The van der Waals surface area contributed by atoms with Gasteiger partial charge in [0.05, 0.1) is 16.8 Å². The van der Waals surface area contributed by atoms with E-state index in [-0.39, 0.29) is 12.1 Å². The van der Waals surface area contributed by atoms with Crippen LogP contribution in [-0.2, 0) is 0 Å². The van der Waals surface area contributed by atoms with Crippen molar-refractivity contribution in [2.45, 2.75) is 38.1 Å². The molecule has 0 saturated carbocycles. The van der Waals surface area contributed by atoms with Crippen LogP contribution in [-0.4, -0.2) is 51.2 Å². The molecular formula is C17H22ClN7O. The molecule has 1 aromatic carbocycles. The van der Waals surface area contributed by atoms with Crippen molar-refractivity contribution >= 4 is 29.0 Å². The average molecular weight is 376 g/mol. The van der Waals surface area contributed by atoms with Crippen molar-refractivity contribution in [3.05, 3.63) is 29.0 Å². The molecular weight excluding hydrogens is 354 g/mol. The van der Waals surface area contributed by atoms with E-state index in [9.17, 15) is 4.79 Å². The van der Waals surface area contributed by atoms with E-state index in [1.165, 1.54) is 19.3 Å². The fourth-order valence-corrected chi connectivity index (χ4v) is 4.06. The number of carbonyl (C=O) groups is 1. The first-order valence-corrected chi connectivity index (χ1v) is 9.45. The molecule has 0 spiro atoms. The Hall–Kier alpha value is -2.35. The Kier molecular flexibility index (Phi) is 4.92. The number of urea groups is 1. The van der Waals surface area contributed by atoms with Gasteiger partial charge in [0.15, 0.2) is 5.82 Å². The van der Waals surface area contributed by atoms with Crippen molar-refractivity contribution in [2.24, 2.45) is 0 Å². The van der Waals surface area contributed by atoms with Gasteiger partial charge in [0, 0.05) is 25.3 Å². The molecule has 2 aromatic rings. The first-order valence-electron chi connectivity index (χ1n) is 9.08. The van der Waals surface area contributed by atoms with Crippen molar-refractivity contribution in [1.29, 1.82) is 0 Å². The van der Waals surface area contributed by atoms with Crippen LogP contribution in [0.5, 0.6) is 0 Å². The summed E-state index contributed by atoms with van der Waals surface area (Å²) in [7, 11) is 0. The van der Waals surface area contributed by atoms with E-state index >= 15 is 0 Å². The second kappa shape index (κ2) is 7.49. The number of hydrogen-bond acceptors (Lipinski definition) is 5. The van der Waals surface area contributed by atoms with Gasteiger partial charge >= 0.3 is 6.03 Å². The second-order valence-corrected chi connectivity index (χ2v) is 7.17. The molecule has 1 aromatic heterocycles. The largest absolute Gasteiger partial charge is 0.370 e. The van der Waals surface area contributed by atoms with Crippen LogP contribution in [0, 0.1) is 0 Å². The third kappa shape index (κ3) is 3.46. The molecule has 0 aliphatic carbocycles. The molecule has 1 atom stereocenters. The topological polar surface area (TPSA) is 90.0 Å². The lowest BCUT2D eigenvalue weighted by molar-refractivity contribution is 0.205. The average Bonchev–Trinajstić information content (AvgIpc) is 3.34. The zero-order valence-electron chi connectivity index (χ0n) is 14.5. The number of tetrazole rings is 1. The summed E-state index contributed by atoms with van der Waals surface area (Å²) >= 11 is 6.48. The van der Waals surface area contributed by atoms with Gasteiger partial charge < -0.3 is 15.1 Å². The third-order valence-electron chi connectivity index (χ3n) is 5.07. The van der Waals surface area contributed by atoms with Crippen LogP contribution in [0.2, 0.25) is 5.02 Å². The van der Waals surface area contributed by atoms with Gasteiger partial charge in [-0.1, -0.05) is 16.8 Å². The van der Waals surface area contributed by atoms with Gasteiger partial charge in [-0.2, -0.15) is 5.21 Å². The number of H-pyrrole nitrogens is 1. The number of nitrogens with zero attached hydrogens (tertiary/aromatic N) is 5. The van der Waals surface area contributed by atoms with Crippen molar-refractivity contribution in [3.8, 4) is 0 Å². The van der Waals surface area contributed by atoms with Crippen LogP contribution < -0.4 is 10.2 Å². The quantitative estimate of drug-likeness (QED) is 0.859. The normalized spacial score (nSPS) is 20.4. The van der Waals surface area contributed by atoms with E-state index in [0.717, 1.165) is 31.6 Å². The summed E-state index contributed by atoms with van der Waals surface area (Å²) < 4.78 is 0. The highest BCUT2D eigenvalue weighted by atomic mass is 35.5. The Labute approximate surface area is 156 Å². The predicted octanol–water partition coefficient (Wildman–Crippen LogP) is 3.21. The Morgan fingerprint density at radius 1 is 1.19 bits per heavy atom. The van der Waals surface area contributed by atoms with Crippen molar-refractivity contribution < 1.29 is 4.79 Å². The van der Waals surface area contributed by atoms with Crippen LogP contribution in [0.25, 0.3) is 0 Å². The number of aromatic nitrogens is 4. The number of piperidine rings is 1. The fraction of sp³-hybridized carbons (Fsp3) is 0.529. The van der Waals surface area contributed by atoms with Gasteiger partial charge in [-0.05, 0) is 50.3 Å². The Morgan fingerprint density at radius 2 is 2.04 bits per heavy atom. The number of aromatic amines is 1. The van der Waals surface area contributed by atoms with E-state index in [4.69, 9.17) is 11.6 Å². The first-order chi connectivity index (χ1) is 12.7. The van der Waals surface area contributed by atoms with Crippen LogP contribution in [0.4, 0.5) is 16.2 Å². The summed E-state index contributed by atoms with van der Waals surface area (Å²) in [5, 5.41) is 17.7. The van der Waals surface area contributed by atoms with Crippen LogP contribution >= 0.6 is 11.6 Å². The highest BCUT2D eigenvalue weighted by molar-refractivity contribution is 6.33. The van der Waals surface area contributed by atoms with Gasteiger partial charge in [0.1, 0.15) is 0 Å². The Morgan fingerprint density at radius 3 is 2.77 bits per heavy atom. The minimum absolute atomic E-state index is 0.142. The van der Waals surface area contributed by atoms with Gasteiger partial charge in [-0.3, -0.25) is 0 Å². The maximum Gasteiger partial charge on any atom is 0.322 e. The maximum absolute atomic E-state index is 12.7. The molecule has 2 N–H and O–H groups in total. The van der Waals surface area contributed by atoms with E-state index in [0.29, 0.717) is 23.1 Å². The Balaban J connectivity index is 1.45. The van der Waals surface area contributed by atoms with Gasteiger partial charge in [0.2, 0.25) is 0 Å². The van der Waals surface area contributed by atoms with Crippen molar-refractivity contribution in [1.82, 2.24) is 25.5 Å². The zero-order valence-corrected chi connectivity index (χ0v) is 15.2. The summed E-state index contributed by atoms with van der Waals surface area (Å²) in [6.07, 6.45) is 5.42. The fourth-order valence-electron chi connectivity index (χ4n) is 3.76. The molecule has 138 valence electrons. The maximum atomic E-state index is 12.7. The molecule has 3 heterocycles. The van der Waals surface area contributed by atoms with Crippen LogP contribution in [0.1, 0.15) is 44.0 Å². The number of hydrogen-bond donors (Lipinski definition) is 2. The summed E-state index contributed by atoms with van der Waals surface area (Å²) in [4.78, 5) is 16.8. The zero-order chi connectivity index (χ0) is 17.9. The minimum atomic E-state index is -0.168. The molecule has 2 saturated heterocycles. The third-order valence-corrected chi connectivity index (χ3v) is 5.37. The first kappa shape index (κ1) is 17.1. The number of likely N-dealkylation sites (tertiary alicyclic amines) is 1. The summed E-state index contributed by atoms with van der Waals surface area (Å²) in [6.45, 7) is 2.74.